The summed E-state index contributed by atoms with van der Waals surface area (Å²) < 4.78 is 1.18. The van der Waals surface area contributed by atoms with Crippen LogP contribution in [0.15, 0.2) is 46.3 Å². The second kappa shape index (κ2) is 8.05. The number of aryl methyl sites for hydroxylation is 1. The summed E-state index contributed by atoms with van der Waals surface area (Å²) in [6, 6.07) is 16.7. The van der Waals surface area contributed by atoms with Gasteiger partial charge in [-0.05, 0) is 91.6 Å². The van der Waals surface area contributed by atoms with Crippen LogP contribution in [0.3, 0.4) is 0 Å². The van der Waals surface area contributed by atoms with Gasteiger partial charge in [0.05, 0.1) is 9.83 Å². The molecule has 5 heteroatoms. The lowest BCUT2D eigenvalue weighted by molar-refractivity contribution is 0.315. The van der Waals surface area contributed by atoms with Crippen molar-refractivity contribution in [2.45, 2.75) is 32.4 Å². The second-order valence-electron chi connectivity index (χ2n) is 8.08. The summed E-state index contributed by atoms with van der Waals surface area (Å²) in [5.41, 5.74) is 3.84. The average Bonchev–Trinajstić information content (AvgIpc) is 3.30. The Bertz CT molecular complexity index is 981. The summed E-state index contributed by atoms with van der Waals surface area (Å²) in [6.07, 6.45) is 1.23. The van der Waals surface area contributed by atoms with Crippen LogP contribution in [0.1, 0.15) is 29.8 Å². The van der Waals surface area contributed by atoms with E-state index in [1.807, 2.05) is 0 Å². The highest BCUT2D eigenvalue weighted by Gasteiger charge is 2.24. The molecule has 2 aromatic carbocycles. The standard InChI is InChI=1S/C23H28BrN3S/c1-15-11-17-5-6-18(27-10-9-19(14-27)26(3)4)13-20(17)21(12-15)25-16(2)22-7-8-23(24)28-22/h5-8,11-13,16,19,25H,9-10,14H2,1-4H3. The Hall–Kier alpha value is -1.56. The molecule has 2 unspecified atom stereocenters. The fraction of sp³-hybridized carbons (Fsp3) is 0.391. The summed E-state index contributed by atoms with van der Waals surface area (Å²) in [6.45, 7) is 6.64. The van der Waals surface area contributed by atoms with Crippen LogP contribution in [0.4, 0.5) is 11.4 Å². The third-order valence-electron chi connectivity index (χ3n) is 5.73. The molecule has 0 radical (unpaired) electrons. The molecule has 3 aromatic rings. The minimum atomic E-state index is 0.273. The van der Waals surface area contributed by atoms with Crippen molar-refractivity contribution in [3.05, 3.63) is 56.7 Å². The number of benzene rings is 2. The summed E-state index contributed by atoms with van der Waals surface area (Å²) in [5, 5.41) is 6.37. The van der Waals surface area contributed by atoms with Crippen LogP contribution in [0, 0.1) is 6.92 Å². The SMILES string of the molecule is Cc1cc(NC(C)c2ccc(Br)s2)c2cc(N3CCC(N(C)C)C3)ccc2c1. The minimum absolute atomic E-state index is 0.273. The molecule has 1 aliphatic heterocycles. The number of likely N-dealkylation sites (N-methyl/N-ethyl adjacent to an activating group) is 1. The molecule has 0 aliphatic carbocycles. The number of hydrogen-bond donors (Lipinski definition) is 1. The fourth-order valence-corrected chi connectivity index (χ4v) is 5.50. The summed E-state index contributed by atoms with van der Waals surface area (Å²) >= 11 is 5.37. The molecular weight excluding hydrogens is 430 g/mol. The Morgan fingerprint density at radius 2 is 2.00 bits per heavy atom. The van der Waals surface area contributed by atoms with E-state index in [0.29, 0.717) is 6.04 Å². The minimum Gasteiger partial charge on any atom is -0.377 e. The molecule has 1 fully saturated rings. The van der Waals surface area contributed by atoms with Crippen molar-refractivity contribution in [3.63, 3.8) is 0 Å². The Kier molecular flexibility index (Phi) is 5.68. The van der Waals surface area contributed by atoms with E-state index in [1.54, 1.807) is 11.3 Å². The van der Waals surface area contributed by atoms with Gasteiger partial charge in [-0.2, -0.15) is 0 Å². The Morgan fingerprint density at radius 3 is 2.68 bits per heavy atom. The summed E-state index contributed by atoms with van der Waals surface area (Å²) in [5.74, 6) is 0. The zero-order valence-electron chi connectivity index (χ0n) is 17.0. The van der Waals surface area contributed by atoms with Gasteiger partial charge in [0, 0.05) is 40.8 Å². The highest BCUT2D eigenvalue weighted by molar-refractivity contribution is 9.11. The van der Waals surface area contributed by atoms with E-state index in [4.69, 9.17) is 0 Å². The molecule has 148 valence electrons. The van der Waals surface area contributed by atoms with Gasteiger partial charge in [-0.1, -0.05) is 12.1 Å². The number of hydrogen-bond acceptors (Lipinski definition) is 4. The van der Waals surface area contributed by atoms with E-state index in [-0.39, 0.29) is 6.04 Å². The molecule has 2 heterocycles. The van der Waals surface area contributed by atoms with Crippen LogP contribution in [0.25, 0.3) is 10.8 Å². The van der Waals surface area contributed by atoms with Gasteiger partial charge in [0.1, 0.15) is 0 Å². The van der Waals surface area contributed by atoms with Crippen molar-refractivity contribution < 1.29 is 0 Å². The van der Waals surface area contributed by atoms with Gasteiger partial charge in [0.2, 0.25) is 0 Å². The molecule has 4 rings (SSSR count). The lowest BCUT2D eigenvalue weighted by atomic mass is 10.0. The Balaban J connectivity index is 1.66. The Morgan fingerprint density at radius 1 is 1.18 bits per heavy atom. The van der Waals surface area contributed by atoms with Gasteiger partial charge in [-0.3, -0.25) is 0 Å². The van der Waals surface area contributed by atoms with Gasteiger partial charge in [0.25, 0.3) is 0 Å². The number of nitrogens with one attached hydrogen (secondary N) is 1. The third-order valence-corrected chi connectivity index (χ3v) is 7.54. The van der Waals surface area contributed by atoms with Gasteiger partial charge in [-0.15, -0.1) is 11.3 Å². The lowest BCUT2D eigenvalue weighted by Crippen LogP contribution is -2.31. The van der Waals surface area contributed by atoms with Crippen LogP contribution in [-0.2, 0) is 0 Å². The average molecular weight is 458 g/mol. The van der Waals surface area contributed by atoms with Crippen molar-refractivity contribution in [1.82, 2.24) is 4.90 Å². The monoisotopic (exact) mass is 457 g/mol. The number of anilines is 2. The van der Waals surface area contributed by atoms with Gasteiger partial charge in [-0.25, -0.2) is 0 Å². The first-order valence-electron chi connectivity index (χ1n) is 9.88. The largest absolute Gasteiger partial charge is 0.377 e. The number of nitrogens with zero attached hydrogens (tertiary/aromatic N) is 2. The number of rotatable bonds is 5. The summed E-state index contributed by atoms with van der Waals surface area (Å²) in [7, 11) is 4.37. The van der Waals surface area contributed by atoms with Crippen LogP contribution in [-0.4, -0.2) is 38.1 Å². The van der Waals surface area contributed by atoms with Crippen molar-refractivity contribution in [2.75, 3.05) is 37.4 Å². The van der Waals surface area contributed by atoms with Crippen molar-refractivity contribution >= 4 is 49.4 Å². The molecule has 3 nitrogen and oxygen atoms in total. The van der Waals surface area contributed by atoms with Gasteiger partial charge in [0.15, 0.2) is 0 Å². The predicted molar refractivity (Wildman–Crippen MR) is 127 cm³/mol. The van der Waals surface area contributed by atoms with Crippen molar-refractivity contribution in [3.8, 4) is 0 Å². The highest BCUT2D eigenvalue weighted by atomic mass is 79.9. The zero-order valence-corrected chi connectivity index (χ0v) is 19.4. The molecule has 1 aromatic heterocycles. The highest BCUT2D eigenvalue weighted by Crippen LogP contribution is 2.35. The number of thiophene rings is 1. The maximum Gasteiger partial charge on any atom is 0.0702 e. The van der Waals surface area contributed by atoms with E-state index in [2.05, 4.69) is 101 Å². The fourth-order valence-electron chi connectivity index (χ4n) is 4.08. The van der Waals surface area contributed by atoms with Gasteiger partial charge >= 0.3 is 0 Å². The lowest BCUT2D eigenvalue weighted by Gasteiger charge is -2.23. The van der Waals surface area contributed by atoms with Crippen LogP contribution >= 0.6 is 27.3 Å². The maximum atomic E-state index is 3.76. The molecule has 1 aliphatic rings. The van der Waals surface area contributed by atoms with E-state index in [1.165, 1.54) is 42.8 Å². The zero-order chi connectivity index (χ0) is 19.8. The molecule has 1 saturated heterocycles. The molecule has 0 amide bonds. The summed E-state index contributed by atoms with van der Waals surface area (Å²) in [4.78, 5) is 6.21. The maximum absolute atomic E-state index is 3.76. The van der Waals surface area contributed by atoms with E-state index < -0.39 is 0 Å². The first kappa shape index (κ1) is 19.7. The molecule has 0 spiro atoms. The first-order valence-corrected chi connectivity index (χ1v) is 11.5. The first-order chi connectivity index (χ1) is 13.4. The Labute approximate surface area is 180 Å². The topological polar surface area (TPSA) is 18.5 Å². The molecule has 1 N–H and O–H groups in total. The molecule has 28 heavy (non-hydrogen) atoms. The molecular formula is C23H28BrN3S. The van der Waals surface area contributed by atoms with E-state index in [0.717, 1.165) is 13.1 Å². The second-order valence-corrected chi connectivity index (χ2v) is 10.6. The number of fused-ring (bicyclic) bond motifs is 1. The quantitative estimate of drug-likeness (QED) is 0.485. The number of halogens is 1. The van der Waals surface area contributed by atoms with Crippen LogP contribution < -0.4 is 10.2 Å². The molecule has 2 atom stereocenters. The smallest absolute Gasteiger partial charge is 0.0702 e. The molecule has 0 bridgehead atoms. The predicted octanol–water partition coefficient (Wildman–Crippen LogP) is 6.29. The van der Waals surface area contributed by atoms with E-state index in [9.17, 15) is 0 Å². The normalized spacial score (nSPS) is 18.2. The van der Waals surface area contributed by atoms with Crippen LogP contribution in [0.2, 0.25) is 0 Å². The van der Waals surface area contributed by atoms with Gasteiger partial charge < -0.3 is 15.1 Å². The third kappa shape index (κ3) is 4.07. The molecule has 0 saturated carbocycles. The van der Waals surface area contributed by atoms with Crippen LogP contribution in [0.5, 0.6) is 0 Å². The van der Waals surface area contributed by atoms with Crippen molar-refractivity contribution in [1.29, 1.82) is 0 Å². The van der Waals surface area contributed by atoms with Crippen molar-refractivity contribution in [2.24, 2.45) is 0 Å². The van der Waals surface area contributed by atoms with E-state index >= 15 is 0 Å².